The predicted molar refractivity (Wildman–Crippen MR) is 194 cm³/mol. The normalized spacial score (nSPS) is 20.7. The number of nitrogens with zero attached hydrogens (tertiary/aromatic N) is 2. The monoisotopic (exact) mass is 723 g/mol. The van der Waals surface area contributed by atoms with Gasteiger partial charge >= 0.3 is 12.2 Å². The summed E-state index contributed by atoms with van der Waals surface area (Å²) in [5, 5.41) is 18.7. The van der Waals surface area contributed by atoms with Crippen LogP contribution >= 0.6 is 0 Å². The van der Waals surface area contributed by atoms with Crippen LogP contribution in [0.25, 0.3) is 11.3 Å². The van der Waals surface area contributed by atoms with Crippen LogP contribution in [-0.2, 0) is 32.0 Å². The number of alkyl carbamates (subject to hydrolysis) is 2. The van der Waals surface area contributed by atoms with Gasteiger partial charge in [-0.2, -0.15) is 0 Å². The number of rotatable bonds is 14. The average Bonchev–Trinajstić information content (AvgIpc) is 3.20. The number of pyridine rings is 1. The lowest BCUT2D eigenvalue weighted by molar-refractivity contribution is -0.132. The Kier molecular flexibility index (Phi) is 7.67. The molecular formula is C38H52N6O7. The number of aliphatic hydroxyl groups excluding tert-OH is 1. The molecule has 1 heterocycles. The molecule has 1 aromatic heterocycles. The van der Waals surface area contributed by atoms with Crippen LogP contribution in [0.3, 0.4) is 0 Å². The van der Waals surface area contributed by atoms with Gasteiger partial charge in [0.05, 0.1) is 32.1 Å². The standard InChI is InChI=1S/C38H52N6O7/c1-37(2,3)31(41-35(48)50-7)33(46)40-29(22-25-14-10-9-11-15-25)30(45)24-44(43-34(47)32(38(4,5)6)42-36(49)51-8)23-26-17-19-27(20-18-26)28-16-12-13-21-39-28/h9-21,29-32,45H,22-24H2,1-8H3,(H,40,46)(H,41,48)(H,42,49)(H,43,47)/i1D3,2D3,3D3,4D3,5D3,6D3. The Morgan fingerprint density at radius 3 is 1.86 bits per heavy atom. The predicted octanol–water partition coefficient (Wildman–Crippen LogP) is 4.21. The number of methoxy groups -OCH3 is 2. The van der Waals surface area contributed by atoms with Crippen LogP contribution in [0, 0.1) is 10.8 Å². The zero-order valence-electron chi connectivity index (χ0n) is 45.7. The summed E-state index contributed by atoms with van der Waals surface area (Å²) in [5.74, 6) is -3.53. The number of aliphatic hydroxyl groups is 1. The largest absolute Gasteiger partial charge is 0.453 e. The molecule has 276 valence electrons. The van der Waals surface area contributed by atoms with Crippen molar-refractivity contribution in [2.75, 3.05) is 20.8 Å². The summed E-state index contributed by atoms with van der Waals surface area (Å²) in [7, 11) is 1.51. The molecule has 4 amide bonds. The lowest BCUT2D eigenvalue weighted by atomic mass is 9.85. The summed E-state index contributed by atoms with van der Waals surface area (Å²) >= 11 is 0. The maximum atomic E-state index is 14.5. The van der Waals surface area contributed by atoms with Crippen LogP contribution in [0.1, 0.15) is 76.9 Å². The number of carbonyl (C=O) groups is 4. The van der Waals surface area contributed by atoms with Gasteiger partial charge in [0.1, 0.15) is 12.1 Å². The maximum absolute atomic E-state index is 14.5. The minimum atomic E-state index is -4.06. The molecule has 5 N–H and O–H groups in total. The SMILES string of the molecule is [2H]C([2H])([2H])C(C(NC(=O)OC)C(=O)NC(Cc1ccccc1)C(O)CN(Cc1ccc(-c2ccccn2)cc1)NC(=O)C(NC(=O)OC)C(C([2H])([2H])[2H])(C([2H])([2H])[2H])C([2H])([2H])[2H])(C([2H])([2H])[2H])C([2H])([2H])[2H]. The van der Waals surface area contributed by atoms with Crippen LogP contribution < -0.4 is 21.4 Å². The fourth-order valence-corrected chi connectivity index (χ4v) is 4.77. The first kappa shape index (κ1) is 21.4. The van der Waals surface area contributed by atoms with Gasteiger partial charge in [0, 0.05) is 49.5 Å². The lowest BCUT2D eigenvalue weighted by Gasteiger charge is -2.35. The first-order chi connectivity index (χ1) is 31.5. The quantitative estimate of drug-likeness (QED) is 0.153. The number of amides is 4. The third-order valence-electron chi connectivity index (χ3n) is 7.34. The number of aromatic nitrogens is 1. The highest BCUT2D eigenvalue weighted by molar-refractivity contribution is 5.87. The van der Waals surface area contributed by atoms with Gasteiger partial charge in [0.2, 0.25) is 5.91 Å². The molecular weight excluding hydrogens is 652 g/mol. The van der Waals surface area contributed by atoms with Crippen LogP contribution in [0.4, 0.5) is 9.59 Å². The van der Waals surface area contributed by atoms with E-state index in [1.165, 1.54) is 42.6 Å². The van der Waals surface area contributed by atoms with Crippen molar-refractivity contribution < 1.29 is 58.4 Å². The molecule has 4 atom stereocenters. The number of hydrogen-bond acceptors (Lipinski definition) is 9. The van der Waals surface area contributed by atoms with Crippen molar-refractivity contribution in [1.82, 2.24) is 31.4 Å². The number of nitrogens with one attached hydrogen (secondary N) is 4. The van der Waals surface area contributed by atoms with E-state index >= 15 is 0 Å². The molecule has 51 heavy (non-hydrogen) atoms. The second kappa shape index (κ2) is 18.3. The van der Waals surface area contributed by atoms with E-state index in [9.17, 15) is 24.3 Å². The summed E-state index contributed by atoms with van der Waals surface area (Å²) in [6, 6.07) is 11.3. The van der Waals surface area contributed by atoms with Crippen molar-refractivity contribution in [2.45, 2.75) is 78.3 Å². The molecule has 0 aliphatic heterocycles. The molecule has 0 saturated heterocycles. The van der Waals surface area contributed by atoms with E-state index in [1.807, 2.05) is 0 Å². The first-order valence-electron chi connectivity index (χ1n) is 24.3. The van der Waals surface area contributed by atoms with Gasteiger partial charge in [-0.05, 0) is 40.5 Å². The van der Waals surface area contributed by atoms with Gasteiger partial charge in [0.15, 0.2) is 0 Å². The fraction of sp³-hybridized carbons (Fsp3) is 0.447. The van der Waals surface area contributed by atoms with Crippen molar-refractivity contribution in [2.24, 2.45) is 10.8 Å². The van der Waals surface area contributed by atoms with Crippen LogP contribution in [0.5, 0.6) is 0 Å². The van der Waals surface area contributed by atoms with E-state index < -0.39 is 120 Å². The molecule has 0 fully saturated rings. The Bertz CT molecular complexity index is 2130. The Morgan fingerprint density at radius 1 is 0.765 bits per heavy atom. The molecule has 13 nitrogen and oxygen atoms in total. The van der Waals surface area contributed by atoms with Gasteiger partial charge in [-0.3, -0.25) is 20.0 Å². The highest BCUT2D eigenvalue weighted by atomic mass is 16.5. The van der Waals surface area contributed by atoms with Crippen LogP contribution in [-0.4, -0.2) is 84.1 Å². The number of benzene rings is 2. The number of ether oxygens (including phenoxy) is 2. The van der Waals surface area contributed by atoms with Gasteiger partial charge < -0.3 is 30.5 Å². The summed E-state index contributed by atoms with van der Waals surface area (Å²) < 4.78 is 157. The Hall–Kier alpha value is -5.01. The third kappa shape index (κ3) is 12.7. The van der Waals surface area contributed by atoms with Crippen LogP contribution in [0.15, 0.2) is 79.0 Å². The first-order valence-corrected chi connectivity index (χ1v) is 15.3. The molecule has 0 aliphatic carbocycles. The average molecular weight is 723 g/mol. The summed E-state index contributed by atoms with van der Waals surface area (Å²) in [6.45, 7) is -25.8. The van der Waals surface area contributed by atoms with Gasteiger partial charge in [0.25, 0.3) is 5.91 Å². The number of carbonyl (C=O) groups excluding carboxylic acids is 4. The highest BCUT2D eigenvalue weighted by Crippen LogP contribution is 2.23. The van der Waals surface area contributed by atoms with E-state index in [1.54, 1.807) is 47.0 Å². The van der Waals surface area contributed by atoms with Gasteiger partial charge in [-0.15, -0.1) is 0 Å². The van der Waals surface area contributed by atoms with E-state index in [-0.39, 0.29) is 5.56 Å². The van der Waals surface area contributed by atoms with Crippen molar-refractivity contribution >= 4 is 24.0 Å². The second-order valence-electron chi connectivity index (χ2n) is 11.4. The minimum absolute atomic E-state index is 0.289. The highest BCUT2D eigenvalue weighted by Gasteiger charge is 2.37. The summed E-state index contributed by atoms with van der Waals surface area (Å²) in [6.07, 6.45) is -4.22. The van der Waals surface area contributed by atoms with E-state index in [0.717, 1.165) is 19.2 Å². The smallest absolute Gasteiger partial charge is 0.407 e. The molecule has 0 radical (unpaired) electrons. The van der Waals surface area contributed by atoms with Gasteiger partial charge in [-0.25, -0.2) is 14.6 Å². The number of hydrazine groups is 1. The lowest BCUT2D eigenvalue weighted by Crippen LogP contribution is -2.60. The van der Waals surface area contributed by atoms with Crippen molar-refractivity contribution in [3.63, 3.8) is 0 Å². The topological polar surface area (TPSA) is 171 Å². The second-order valence-corrected chi connectivity index (χ2v) is 11.4. The molecule has 0 aliphatic rings. The molecule has 0 saturated carbocycles. The zero-order valence-corrected chi connectivity index (χ0v) is 27.7. The Labute approximate surface area is 325 Å². The molecule has 2 aromatic carbocycles. The maximum Gasteiger partial charge on any atom is 0.407 e. The Morgan fingerprint density at radius 2 is 1.33 bits per heavy atom. The molecule has 3 aromatic rings. The fourth-order valence-electron chi connectivity index (χ4n) is 4.77. The van der Waals surface area contributed by atoms with Crippen molar-refractivity contribution in [3.05, 3.63) is 90.1 Å². The minimum Gasteiger partial charge on any atom is -0.453 e. The van der Waals surface area contributed by atoms with E-state index in [2.05, 4.69) is 25.2 Å². The number of hydrogen-bond donors (Lipinski definition) is 5. The zero-order chi connectivity index (χ0) is 52.8. The van der Waals surface area contributed by atoms with Crippen molar-refractivity contribution in [1.29, 1.82) is 0 Å². The summed E-state index contributed by atoms with van der Waals surface area (Å²) in [4.78, 5) is 58.6. The third-order valence-corrected chi connectivity index (χ3v) is 7.34. The van der Waals surface area contributed by atoms with E-state index in [4.69, 9.17) is 24.7 Å². The van der Waals surface area contributed by atoms with Gasteiger partial charge in [-0.1, -0.05) is 102 Å². The molecule has 0 bridgehead atoms. The van der Waals surface area contributed by atoms with Crippen molar-refractivity contribution in [3.8, 4) is 11.3 Å². The molecule has 0 spiro atoms. The van der Waals surface area contributed by atoms with Crippen LogP contribution in [0.2, 0.25) is 0 Å². The van der Waals surface area contributed by atoms with E-state index in [0.29, 0.717) is 16.8 Å². The molecule has 4 unspecified atom stereocenters. The molecule has 13 heteroatoms. The Balaban J connectivity index is 2.31. The molecule has 3 rings (SSSR count). The summed E-state index contributed by atoms with van der Waals surface area (Å²) in [5.41, 5.74) is -4.15.